The monoisotopic (exact) mass is 672 g/mol. The van der Waals surface area contributed by atoms with Gasteiger partial charge in [0.2, 0.25) is 0 Å². The van der Waals surface area contributed by atoms with E-state index in [1.54, 1.807) is 0 Å². The summed E-state index contributed by atoms with van der Waals surface area (Å²) >= 11 is 0. The van der Waals surface area contributed by atoms with Gasteiger partial charge in [0.25, 0.3) is 0 Å². The highest BCUT2D eigenvalue weighted by Gasteiger charge is 2.53. The molecule has 264 valence electrons. The number of rotatable bonds is 10. The summed E-state index contributed by atoms with van der Waals surface area (Å²) in [5.74, 6) is 0. The van der Waals surface area contributed by atoms with Crippen LogP contribution in [0, 0.1) is 0 Å². The van der Waals surface area contributed by atoms with Crippen LogP contribution in [-0.2, 0) is 33.2 Å². The lowest BCUT2D eigenvalue weighted by Crippen LogP contribution is -2.66. The summed E-state index contributed by atoms with van der Waals surface area (Å²) in [4.78, 5) is 0. The van der Waals surface area contributed by atoms with Crippen LogP contribution < -0.4 is 0 Å². The number of hydrogen-bond acceptors (Lipinski definition) is 21. The smallest absolute Gasteiger partial charge is 0.187 e. The zero-order valence-corrected chi connectivity index (χ0v) is 23.5. The standard InChI is InChI=1S/C24H42O21/c25-1-5-9(28)11(30)16(35)22(41-5)39-4-8-10(29)12(31)17(36)23(43-8)45-20-7(3-27)42-24(18(37)14(20)33)44-19-6(2-26)40-21(38)15(34)13(19)32/h5-38H,1-4H2/t5?,6?,7?,8?,9-,10-,11?,12?,13?,14?,15+,16+,17+,18+,19-,20-,21-,22+,23-,24-/m1/s1/i1+1,5+1,9+1,11+1,16+1,22+1. The Morgan fingerprint density at radius 1 is 0.378 bits per heavy atom. The van der Waals surface area contributed by atoms with Gasteiger partial charge in [-0.1, -0.05) is 0 Å². The highest BCUT2D eigenvalue weighted by molar-refractivity contribution is 4.96. The van der Waals surface area contributed by atoms with E-state index in [0.717, 1.165) is 0 Å². The maximum absolute atomic E-state index is 10.9. The molecular weight excluding hydrogens is 630 g/mol. The maximum atomic E-state index is 10.9. The van der Waals surface area contributed by atoms with Crippen LogP contribution in [0.1, 0.15) is 0 Å². The van der Waals surface area contributed by atoms with Crippen molar-refractivity contribution in [1.82, 2.24) is 0 Å². The second-order valence-electron chi connectivity index (χ2n) is 11.2. The third-order valence-corrected chi connectivity index (χ3v) is 8.18. The molecule has 4 saturated heterocycles. The van der Waals surface area contributed by atoms with Gasteiger partial charge in [-0.25, -0.2) is 0 Å². The second-order valence-corrected chi connectivity index (χ2v) is 11.2. The third-order valence-electron chi connectivity index (χ3n) is 8.18. The van der Waals surface area contributed by atoms with Gasteiger partial charge < -0.3 is 105 Å². The molecule has 0 spiro atoms. The van der Waals surface area contributed by atoms with Crippen LogP contribution in [0.25, 0.3) is 0 Å². The van der Waals surface area contributed by atoms with E-state index in [-0.39, 0.29) is 0 Å². The van der Waals surface area contributed by atoms with Crippen LogP contribution in [0.5, 0.6) is 0 Å². The summed E-state index contributed by atoms with van der Waals surface area (Å²) in [7, 11) is 0. The molecule has 0 aromatic rings. The Kier molecular flexibility index (Phi) is 12.8. The molecule has 0 amide bonds. The summed E-state index contributed by atoms with van der Waals surface area (Å²) in [6.45, 7) is -3.14. The molecule has 14 N–H and O–H groups in total. The summed E-state index contributed by atoms with van der Waals surface area (Å²) in [5.41, 5.74) is 0. The minimum atomic E-state index is -2.00. The van der Waals surface area contributed by atoms with E-state index >= 15 is 0 Å². The van der Waals surface area contributed by atoms with Gasteiger partial charge in [0, 0.05) is 0 Å². The van der Waals surface area contributed by atoms with Crippen molar-refractivity contribution in [2.24, 2.45) is 0 Å². The van der Waals surface area contributed by atoms with E-state index in [2.05, 4.69) is 0 Å². The molecule has 0 aromatic carbocycles. The van der Waals surface area contributed by atoms with Crippen molar-refractivity contribution < 1.29 is 105 Å². The first-order valence-corrected chi connectivity index (χ1v) is 14.1. The molecule has 0 bridgehead atoms. The van der Waals surface area contributed by atoms with Crippen molar-refractivity contribution in [2.75, 3.05) is 26.4 Å². The lowest BCUT2D eigenvalue weighted by Gasteiger charge is -2.48. The lowest BCUT2D eigenvalue weighted by molar-refractivity contribution is -0.380. The molecule has 0 aromatic heterocycles. The van der Waals surface area contributed by atoms with E-state index in [9.17, 15) is 71.5 Å². The molecule has 45 heavy (non-hydrogen) atoms. The fourth-order valence-corrected chi connectivity index (χ4v) is 5.44. The predicted octanol–water partition coefficient (Wildman–Crippen LogP) is -9.75. The van der Waals surface area contributed by atoms with Crippen LogP contribution in [-0.4, -0.2) is 221 Å². The van der Waals surface area contributed by atoms with Crippen molar-refractivity contribution in [3.63, 3.8) is 0 Å². The highest BCUT2D eigenvalue weighted by atomic mass is 16.9. The summed E-state index contributed by atoms with van der Waals surface area (Å²) in [5, 5.41) is 142. The maximum Gasteiger partial charge on any atom is 0.187 e. The van der Waals surface area contributed by atoms with Crippen molar-refractivity contribution in [2.45, 2.75) is 123 Å². The first-order chi connectivity index (χ1) is 21.2. The second kappa shape index (κ2) is 15.6. The molecule has 0 aliphatic carbocycles. The molecular formula is C24H42O21. The Bertz CT molecular complexity index is 912. The van der Waals surface area contributed by atoms with Gasteiger partial charge >= 0.3 is 0 Å². The molecule has 4 heterocycles. The van der Waals surface area contributed by atoms with Gasteiger partial charge in [0.1, 0.15) is 97.7 Å². The van der Waals surface area contributed by atoms with Crippen molar-refractivity contribution >= 4 is 0 Å². The highest BCUT2D eigenvalue weighted by Crippen LogP contribution is 2.32. The number of aliphatic hydroxyl groups excluding tert-OH is 14. The Morgan fingerprint density at radius 3 is 1.31 bits per heavy atom. The largest absolute Gasteiger partial charge is 0.394 e. The fourth-order valence-electron chi connectivity index (χ4n) is 5.44. The zero-order chi connectivity index (χ0) is 33.3. The molecule has 4 fully saturated rings. The van der Waals surface area contributed by atoms with Crippen LogP contribution in [0.2, 0.25) is 0 Å². The first kappa shape index (κ1) is 37.0. The number of aliphatic hydroxyl groups is 14. The molecule has 4 aliphatic heterocycles. The van der Waals surface area contributed by atoms with E-state index in [4.69, 9.17) is 33.2 Å². The Labute approximate surface area is 254 Å². The molecule has 4 rings (SSSR count). The SMILES string of the molecule is OCC1O[C@H](O[C@@H]2C(CO)O[C@@H](O)[C@@H](O)C2O)[C@@H](O)C(O)[C@@H]1O[C@H]1OC(CO[13C@H]2O[13CH]([13CH2]O)[13C@@H](O)[13CH](O)[13C@@H]2O)[C@@H](O)C(O)[C@@H]1O. The van der Waals surface area contributed by atoms with Crippen LogP contribution >= 0.6 is 0 Å². The lowest BCUT2D eigenvalue weighted by atomic mass is 9.96. The molecule has 8 unspecified atom stereocenters. The van der Waals surface area contributed by atoms with Gasteiger partial charge in [0.15, 0.2) is 25.2 Å². The minimum Gasteiger partial charge on any atom is -0.394 e. The van der Waals surface area contributed by atoms with Gasteiger partial charge in [-0.05, 0) is 0 Å². The van der Waals surface area contributed by atoms with Crippen molar-refractivity contribution in [3.05, 3.63) is 0 Å². The molecule has 0 saturated carbocycles. The number of hydrogen-bond donors (Lipinski definition) is 14. The normalized spacial score (nSPS) is 52.9. The van der Waals surface area contributed by atoms with E-state index in [1.165, 1.54) is 0 Å². The minimum absolute atomic E-state index is 0.683. The van der Waals surface area contributed by atoms with Crippen molar-refractivity contribution in [3.8, 4) is 0 Å². The predicted molar refractivity (Wildman–Crippen MR) is 134 cm³/mol. The van der Waals surface area contributed by atoms with Crippen LogP contribution in [0.4, 0.5) is 0 Å². The zero-order valence-electron chi connectivity index (χ0n) is 23.5. The van der Waals surface area contributed by atoms with E-state index in [1.807, 2.05) is 0 Å². The van der Waals surface area contributed by atoms with Gasteiger partial charge in [-0.3, -0.25) is 0 Å². The molecule has 21 heteroatoms. The molecule has 0 radical (unpaired) electrons. The van der Waals surface area contributed by atoms with Crippen molar-refractivity contribution in [1.29, 1.82) is 0 Å². The topological polar surface area (TPSA) is 348 Å². The van der Waals surface area contributed by atoms with E-state index < -0.39 is 149 Å². The average Bonchev–Trinajstić information content (AvgIpc) is 3.03. The molecule has 4 aliphatic rings. The van der Waals surface area contributed by atoms with Crippen LogP contribution in [0.3, 0.4) is 0 Å². The Balaban J connectivity index is 1.41. The quantitative estimate of drug-likeness (QED) is 0.0958. The Morgan fingerprint density at radius 2 is 0.778 bits per heavy atom. The van der Waals surface area contributed by atoms with Gasteiger partial charge in [0.05, 0.1) is 26.4 Å². The van der Waals surface area contributed by atoms with Gasteiger partial charge in [-0.2, -0.15) is 0 Å². The first-order valence-electron chi connectivity index (χ1n) is 14.1. The summed E-state index contributed by atoms with van der Waals surface area (Å²) < 4.78 is 37.5. The van der Waals surface area contributed by atoms with E-state index in [0.29, 0.717) is 0 Å². The van der Waals surface area contributed by atoms with Crippen LogP contribution in [0.15, 0.2) is 0 Å². The number of ether oxygens (including phenoxy) is 7. The fraction of sp³-hybridized carbons (Fsp3) is 1.00. The Hall–Kier alpha value is -0.840. The summed E-state index contributed by atoms with van der Waals surface area (Å²) in [6.07, 6.45) is -35.0. The average molecular weight is 673 g/mol. The third kappa shape index (κ3) is 7.59. The molecule has 21 nitrogen and oxygen atoms in total. The van der Waals surface area contributed by atoms with Gasteiger partial charge in [-0.15, -0.1) is 0 Å². The molecule has 20 atom stereocenters. The summed E-state index contributed by atoms with van der Waals surface area (Å²) in [6, 6.07) is 0.